The van der Waals surface area contributed by atoms with E-state index in [1.807, 2.05) is 12.1 Å². The lowest BCUT2D eigenvalue weighted by molar-refractivity contribution is -0.120. The van der Waals surface area contributed by atoms with E-state index in [1.54, 1.807) is 42.3 Å². The molecule has 3 rings (SSSR count). The third-order valence-electron chi connectivity index (χ3n) is 3.67. The van der Waals surface area contributed by atoms with Crippen molar-refractivity contribution in [3.05, 3.63) is 53.1 Å². The molecule has 0 saturated carbocycles. The average Bonchev–Trinajstić information content (AvgIpc) is 2.59. The Bertz CT molecular complexity index is 777. The Morgan fingerprint density at radius 3 is 2.75 bits per heavy atom. The SMILES string of the molecule is CN1C(=O)COc2ccc(CNC(=O)Nc3ccc(Cl)cc3)cc21. The van der Waals surface area contributed by atoms with Gasteiger partial charge in [0.25, 0.3) is 5.91 Å². The number of urea groups is 1. The molecule has 0 fully saturated rings. The third-order valence-corrected chi connectivity index (χ3v) is 3.92. The summed E-state index contributed by atoms with van der Waals surface area (Å²) in [6.07, 6.45) is 0. The van der Waals surface area contributed by atoms with Crippen LogP contribution in [0.15, 0.2) is 42.5 Å². The Kier molecular flexibility index (Phi) is 4.57. The van der Waals surface area contributed by atoms with Gasteiger partial charge < -0.3 is 20.3 Å². The second kappa shape index (κ2) is 6.80. The van der Waals surface area contributed by atoms with Crippen LogP contribution in [-0.2, 0) is 11.3 Å². The average molecular weight is 346 g/mol. The number of nitrogens with zero attached hydrogens (tertiary/aromatic N) is 1. The van der Waals surface area contributed by atoms with E-state index in [-0.39, 0.29) is 18.5 Å². The number of halogens is 1. The number of carbonyl (C=O) groups is 2. The first-order valence-electron chi connectivity index (χ1n) is 7.35. The highest BCUT2D eigenvalue weighted by Gasteiger charge is 2.22. The molecule has 0 bridgehead atoms. The van der Waals surface area contributed by atoms with Gasteiger partial charge in [0.15, 0.2) is 6.61 Å². The Balaban J connectivity index is 1.61. The first kappa shape index (κ1) is 16.1. The molecule has 0 saturated heterocycles. The fourth-order valence-corrected chi connectivity index (χ4v) is 2.44. The van der Waals surface area contributed by atoms with Gasteiger partial charge in [0.05, 0.1) is 5.69 Å². The normalized spacial score (nSPS) is 13.1. The molecule has 2 N–H and O–H groups in total. The lowest BCUT2D eigenvalue weighted by atomic mass is 10.1. The predicted octanol–water partition coefficient (Wildman–Crippen LogP) is 3.02. The van der Waals surface area contributed by atoms with Crippen molar-refractivity contribution in [2.45, 2.75) is 6.54 Å². The summed E-state index contributed by atoms with van der Waals surface area (Å²) in [5.41, 5.74) is 2.22. The first-order valence-corrected chi connectivity index (χ1v) is 7.73. The lowest BCUT2D eigenvalue weighted by Crippen LogP contribution is -2.35. The van der Waals surface area contributed by atoms with Crippen LogP contribution >= 0.6 is 11.6 Å². The van der Waals surface area contributed by atoms with Crippen molar-refractivity contribution in [2.75, 3.05) is 23.9 Å². The van der Waals surface area contributed by atoms with Gasteiger partial charge in [-0.2, -0.15) is 0 Å². The summed E-state index contributed by atoms with van der Waals surface area (Å²) in [5.74, 6) is 0.555. The second-order valence-corrected chi connectivity index (χ2v) is 5.79. The van der Waals surface area contributed by atoms with Crippen molar-refractivity contribution in [3.8, 4) is 5.75 Å². The van der Waals surface area contributed by atoms with Crippen LogP contribution in [0.3, 0.4) is 0 Å². The van der Waals surface area contributed by atoms with E-state index in [0.29, 0.717) is 28.7 Å². The summed E-state index contributed by atoms with van der Waals surface area (Å²) in [6.45, 7) is 0.374. The van der Waals surface area contributed by atoms with Gasteiger partial charge in [-0.05, 0) is 42.0 Å². The summed E-state index contributed by atoms with van der Waals surface area (Å²) < 4.78 is 5.37. The summed E-state index contributed by atoms with van der Waals surface area (Å²) in [7, 11) is 1.70. The highest BCUT2D eigenvalue weighted by molar-refractivity contribution is 6.30. The van der Waals surface area contributed by atoms with Crippen molar-refractivity contribution in [3.63, 3.8) is 0 Å². The number of hydrogen-bond donors (Lipinski definition) is 2. The zero-order valence-corrected chi connectivity index (χ0v) is 13.8. The molecule has 0 aliphatic carbocycles. The van der Waals surface area contributed by atoms with Gasteiger partial charge in [-0.15, -0.1) is 0 Å². The van der Waals surface area contributed by atoms with E-state index in [1.165, 1.54) is 0 Å². The van der Waals surface area contributed by atoms with Gasteiger partial charge in [0.1, 0.15) is 5.75 Å². The Morgan fingerprint density at radius 1 is 1.25 bits per heavy atom. The minimum absolute atomic E-state index is 0.0462. The highest BCUT2D eigenvalue weighted by atomic mass is 35.5. The van der Waals surface area contributed by atoms with Gasteiger partial charge in [-0.25, -0.2) is 4.79 Å². The smallest absolute Gasteiger partial charge is 0.319 e. The number of benzene rings is 2. The molecule has 0 spiro atoms. The Labute approximate surface area is 144 Å². The first-order chi connectivity index (χ1) is 11.5. The molecule has 2 aromatic carbocycles. The maximum atomic E-state index is 11.9. The number of rotatable bonds is 3. The third kappa shape index (κ3) is 3.60. The Hall–Kier alpha value is -2.73. The number of carbonyl (C=O) groups excluding carboxylic acids is 2. The molecule has 0 atom stereocenters. The van der Waals surface area contributed by atoms with Gasteiger partial charge in [-0.3, -0.25) is 4.79 Å². The molecule has 1 heterocycles. The fourth-order valence-electron chi connectivity index (χ4n) is 2.32. The van der Waals surface area contributed by atoms with Crippen LogP contribution in [0.2, 0.25) is 5.02 Å². The molecule has 24 heavy (non-hydrogen) atoms. The quantitative estimate of drug-likeness (QED) is 0.898. The molecular formula is C17H16ClN3O3. The minimum atomic E-state index is -0.323. The molecule has 0 radical (unpaired) electrons. The largest absolute Gasteiger partial charge is 0.482 e. The van der Waals surface area contributed by atoms with Crippen LogP contribution in [0.5, 0.6) is 5.75 Å². The van der Waals surface area contributed by atoms with Gasteiger partial charge >= 0.3 is 6.03 Å². The zero-order valence-electron chi connectivity index (χ0n) is 13.0. The van der Waals surface area contributed by atoms with E-state index in [2.05, 4.69) is 10.6 Å². The highest BCUT2D eigenvalue weighted by Crippen LogP contribution is 2.31. The topological polar surface area (TPSA) is 70.7 Å². The van der Waals surface area contributed by atoms with Gasteiger partial charge in [0.2, 0.25) is 0 Å². The second-order valence-electron chi connectivity index (χ2n) is 5.36. The molecule has 2 aromatic rings. The van der Waals surface area contributed by atoms with E-state index >= 15 is 0 Å². The standard InChI is InChI=1S/C17H16ClN3O3/c1-21-14-8-11(2-7-15(14)24-10-16(21)22)9-19-17(23)20-13-5-3-12(18)4-6-13/h2-8H,9-10H2,1H3,(H2,19,20,23). The van der Waals surface area contributed by atoms with Gasteiger partial charge in [0, 0.05) is 24.3 Å². The molecule has 1 aliphatic heterocycles. The lowest BCUT2D eigenvalue weighted by Gasteiger charge is -2.26. The molecular weight excluding hydrogens is 330 g/mol. The summed E-state index contributed by atoms with van der Waals surface area (Å²) in [4.78, 5) is 25.2. The zero-order chi connectivity index (χ0) is 17.1. The molecule has 7 heteroatoms. The van der Waals surface area contributed by atoms with Gasteiger partial charge in [-0.1, -0.05) is 17.7 Å². The molecule has 124 valence electrons. The molecule has 1 aliphatic rings. The van der Waals surface area contributed by atoms with Crippen LogP contribution in [0, 0.1) is 0 Å². The van der Waals surface area contributed by atoms with Crippen molar-refractivity contribution in [1.82, 2.24) is 5.32 Å². The molecule has 0 unspecified atom stereocenters. The number of ether oxygens (including phenoxy) is 1. The van der Waals surface area contributed by atoms with Crippen molar-refractivity contribution < 1.29 is 14.3 Å². The van der Waals surface area contributed by atoms with Crippen LogP contribution in [0.1, 0.15) is 5.56 Å². The van der Waals surface area contributed by atoms with E-state index < -0.39 is 0 Å². The number of hydrogen-bond acceptors (Lipinski definition) is 3. The van der Waals surface area contributed by atoms with E-state index in [4.69, 9.17) is 16.3 Å². The van der Waals surface area contributed by atoms with Crippen LogP contribution in [0.4, 0.5) is 16.2 Å². The maximum Gasteiger partial charge on any atom is 0.319 e. The van der Waals surface area contributed by atoms with E-state index in [0.717, 1.165) is 5.56 Å². The summed E-state index contributed by atoms with van der Waals surface area (Å²) >= 11 is 5.80. The summed E-state index contributed by atoms with van der Waals surface area (Å²) in [6, 6.07) is 12.0. The van der Waals surface area contributed by atoms with Crippen molar-refractivity contribution in [1.29, 1.82) is 0 Å². The van der Waals surface area contributed by atoms with Crippen LogP contribution < -0.4 is 20.3 Å². The fraction of sp³-hybridized carbons (Fsp3) is 0.176. The van der Waals surface area contributed by atoms with Crippen LogP contribution in [0.25, 0.3) is 0 Å². The minimum Gasteiger partial charge on any atom is -0.482 e. The molecule has 3 amide bonds. The Morgan fingerprint density at radius 2 is 2.00 bits per heavy atom. The number of anilines is 2. The number of nitrogens with one attached hydrogen (secondary N) is 2. The van der Waals surface area contributed by atoms with E-state index in [9.17, 15) is 9.59 Å². The molecule has 0 aromatic heterocycles. The summed E-state index contributed by atoms with van der Waals surface area (Å²) in [5, 5.41) is 6.09. The number of likely N-dealkylation sites (N-methyl/N-ethyl adjacent to an activating group) is 1. The number of fused-ring (bicyclic) bond motifs is 1. The van der Waals surface area contributed by atoms with Crippen molar-refractivity contribution >= 4 is 34.9 Å². The molecule has 6 nitrogen and oxygen atoms in total. The van der Waals surface area contributed by atoms with Crippen molar-refractivity contribution in [2.24, 2.45) is 0 Å². The maximum absolute atomic E-state index is 11.9. The van der Waals surface area contributed by atoms with Crippen LogP contribution in [-0.4, -0.2) is 25.6 Å². The number of amides is 3. The monoisotopic (exact) mass is 345 g/mol. The predicted molar refractivity (Wildman–Crippen MR) is 92.7 cm³/mol.